The van der Waals surface area contributed by atoms with E-state index in [0.29, 0.717) is 5.82 Å². The topological polar surface area (TPSA) is 81.0 Å². The second kappa shape index (κ2) is 8.33. The zero-order valence-electron chi connectivity index (χ0n) is 14.4. The first kappa shape index (κ1) is 17.7. The number of carbonyl (C=O) groups excluding carboxylic acids is 1. The van der Waals surface area contributed by atoms with Crippen molar-refractivity contribution in [1.82, 2.24) is 25.1 Å². The number of carbonyl (C=O) groups is 1. The molecule has 8 heteroatoms. The predicted molar refractivity (Wildman–Crippen MR) is 95.5 cm³/mol. The highest BCUT2D eigenvalue weighted by Gasteiger charge is 2.24. The Labute approximate surface area is 149 Å². The van der Waals surface area contributed by atoms with E-state index in [0.717, 1.165) is 31.4 Å². The van der Waals surface area contributed by atoms with Crippen LogP contribution >= 0.6 is 0 Å². The van der Waals surface area contributed by atoms with Gasteiger partial charge in [0.25, 0.3) is 0 Å². The van der Waals surface area contributed by atoms with E-state index in [-0.39, 0.29) is 23.5 Å². The Morgan fingerprint density at radius 3 is 2.68 bits per heavy atom. The maximum atomic E-state index is 12.4. The van der Waals surface area contributed by atoms with Crippen molar-refractivity contribution in [3.63, 3.8) is 0 Å². The lowest BCUT2D eigenvalue weighted by Gasteiger charge is -2.31. The summed E-state index contributed by atoms with van der Waals surface area (Å²) < 4.78 is 14.0. The molecule has 1 unspecified atom stereocenters. The maximum absolute atomic E-state index is 12.4. The van der Waals surface area contributed by atoms with Gasteiger partial charge in [-0.05, 0) is 35.4 Å². The quantitative estimate of drug-likeness (QED) is 0.782. The van der Waals surface area contributed by atoms with Crippen LogP contribution in [0.1, 0.15) is 37.9 Å². The van der Waals surface area contributed by atoms with Crippen LogP contribution in [-0.4, -0.2) is 54.1 Å². The largest absolute Gasteiger partial charge is 0.342 e. The summed E-state index contributed by atoms with van der Waals surface area (Å²) >= 11 is 0. The number of amides is 1. The normalized spacial score (nSPS) is 16.5. The molecule has 1 saturated carbocycles. The lowest BCUT2D eigenvalue weighted by atomic mass is 9.94. The van der Waals surface area contributed by atoms with Gasteiger partial charge in [0.15, 0.2) is 5.82 Å². The van der Waals surface area contributed by atoms with Gasteiger partial charge < -0.3 is 4.90 Å². The number of hydrogen-bond donors (Lipinski definition) is 0. The van der Waals surface area contributed by atoms with Crippen molar-refractivity contribution in [1.29, 1.82) is 0 Å². The average Bonchev–Trinajstić information content (AvgIpc) is 3.10. The lowest BCUT2D eigenvalue weighted by Crippen LogP contribution is -2.40. The number of aromatic nitrogens is 4. The van der Waals surface area contributed by atoms with Gasteiger partial charge in [-0.25, -0.2) is 0 Å². The molecule has 0 bridgehead atoms. The SMILES string of the molecule is CN(C(=O)CS(=O)Cc1nnnn1-c1ccccc1)C1CCCCC1. The van der Waals surface area contributed by atoms with E-state index in [1.54, 1.807) is 9.58 Å². The van der Waals surface area contributed by atoms with Gasteiger partial charge in [-0.15, -0.1) is 5.10 Å². The Morgan fingerprint density at radius 1 is 1.24 bits per heavy atom. The van der Waals surface area contributed by atoms with Gasteiger partial charge in [0.2, 0.25) is 5.91 Å². The molecular formula is C17H23N5O2S. The third-order valence-electron chi connectivity index (χ3n) is 4.63. The number of hydrogen-bond acceptors (Lipinski definition) is 5. The Bertz CT molecular complexity index is 728. The number of para-hydroxylation sites is 1. The molecule has 3 rings (SSSR count). The minimum Gasteiger partial charge on any atom is -0.342 e. The Balaban J connectivity index is 1.60. The summed E-state index contributed by atoms with van der Waals surface area (Å²) in [4.78, 5) is 14.2. The monoisotopic (exact) mass is 361 g/mol. The summed E-state index contributed by atoms with van der Waals surface area (Å²) in [5, 5.41) is 11.6. The zero-order chi connectivity index (χ0) is 17.6. The van der Waals surface area contributed by atoms with Gasteiger partial charge in [0, 0.05) is 23.9 Å². The minimum absolute atomic E-state index is 0.00858. The smallest absolute Gasteiger partial charge is 0.235 e. The summed E-state index contributed by atoms with van der Waals surface area (Å²) in [7, 11) is 0.480. The second-order valence-corrected chi connectivity index (χ2v) is 7.82. The summed E-state index contributed by atoms with van der Waals surface area (Å²) in [5.41, 5.74) is 0.810. The highest BCUT2D eigenvalue weighted by atomic mass is 32.2. The molecule has 2 aromatic rings. The van der Waals surface area contributed by atoms with Crippen molar-refractivity contribution in [2.24, 2.45) is 0 Å². The lowest BCUT2D eigenvalue weighted by molar-refractivity contribution is -0.129. The van der Waals surface area contributed by atoms with Crippen molar-refractivity contribution < 1.29 is 9.00 Å². The predicted octanol–water partition coefficient (Wildman–Crippen LogP) is 1.70. The van der Waals surface area contributed by atoms with E-state index < -0.39 is 10.8 Å². The van der Waals surface area contributed by atoms with Gasteiger partial charge in [-0.3, -0.25) is 9.00 Å². The standard InChI is InChI=1S/C17H23N5O2S/c1-21(14-8-4-2-5-9-14)17(23)13-25(24)12-16-18-19-20-22(16)15-10-6-3-7-11-15/h3,6-7,10-11,14H,2,4-5,8-9,12-13H2,1H3. The van der Waals surface area contributed by atoms with E-state index in [4.69, 9.17) is 0 Å². The summed E-state index contributed by atoms with van der Waals surface area (Å²) in [6, 6.07) is 9.73. The fraction of sp³-hybridized carbons (Fsp3) is 0.529. The highest BCUT2D eigenvalue weighted by Crippen LogP contribution is 2.21. The molecule has 134 valence electrons. The number of benzene rings is 1. The molecule has 1 amide bonds. The first-order valence-corrected chi connectivity index (χ1v) is 10.1. The molecule has 0 spiro atoms. The molecule has 0 aliphatic heterocycles. The Kier molecular flexibility index (Phi) is 5.91. The van der Waals surface area contributed by atoms with Crippen LogP contribution in [0.25, 0.3) is 5.69 Å². The third-order valence-corrected chi connectivity index (χ3v) is 5.77. The molecule has 1 aliphatic rings. The van der Waals surface area contributed by atoms with Gasteiger partial charge in [0.1, 0.15) is 5.75 Å². The zero-order valence-corrected chi connectivity index (χ0v) is 15.2. The third kappa shape index (κ3) is 4.50. The van der Waals surface area contributed by atoms with E-state index in [2.05, 4.69) is 15.5 Å². The summed E-state index contributed by atoms with van der Waals surface area (Å²) in [6.07, 6.45) is 5.66. The van der Waals surface area contributed by atoms with Crippen LogP contribution in [-0.2, 0) is 21.3 Å². The van der Waals surface area contributed by atoms with E-state index in [1.807, 2.05) is 37.4 Å². The van der Waals surface area contributed by atoms with E-state index >= 15 is 0 Å². The molecule has 0 saturated heterocycles. The van der Waals surface area contributed by atoms with E-state index in [9.17, 15) is 9.00 Å². The van der Waals surface area contributed by atoms with Crippen LogP contribution < -0.4 is 0 Å². The van der Waals surface area contributed by atoms with Crippen molar-refractivity contribution in [2.75, 3.05) is 12.8 Å². The molecule has 7 nitrogen and oxygen atoms in total. The fourth-order valence-corrected chi connectivity index (χ4v) is 4.22. The highest BCUT2D eigenvalue weighted by molar-refractivity contribution is 7.84. The molecule has 1 aromatic heterocycles. The first-order valence-electron chi connectivity index (χ1n) is 8.58. The van der Waals surface area contributed by atoms with Crippen LogP contribution in [0, 0.1) is 0 Å². The van der Waals surface area contributed by atoms with Crippen LogP contribution in [0.15, 0.2) is 30.3 Å². The van der Waals surface area contributed by atoms with Gasteiger partial charge in [-0.1, -0.05) is 37.5 Å². The molecule has 1 heterocycles. The molecule has 1 aliphatic carbocycles. The summed E-state index contributed by atoms with van der Waals surface area (Å²) in [6.45, 7) is 0. The molecule has 1 atom stereocenters. The van der Waals surface area contributed by atoms with Gasteiger partial charge >= 0.3 is 0 Å². The molecular weight excluding hydrogens is 338 g/mol. The second-order valence-electron chi connectivity index (χ2n) is 6.37. The molecule has 1 fully saturated rings. The fourth-order valence-electron chi connectivity index (χ4n) is 3.17. The van der Waals surface area contributed by atoms with Crippen LogP contribution in [0.3, 0.4) is 0 Å². The van der Waals surface area contributed by atoms with Crippen molar-refractivity contribution in [3.05, 3.63) is 36.2 Å². The van der Waals surface area contributed by atoms with Crippen LogP contribution in [0.5, 0.6) is 0 Å². The molecule has 1 aromatic carbocycles. The van der Waals surface area contributed by atoms with Gasteiger partial charge in [-0.2, -0.15) is 4.68 Å². The number of tetrazole rings is 1. The van der Waals surface area contributed by atoms with Crippen molar-refractivity contribution in [3.8, 4) is 5.69 Å². The summed E-state index contributed by atoms with van der Waals surface area (Å²) in [5.74, 6) is 0.600. The molecule has 0 N–H and O–H groups in total. The van der Waals surface area contributed by atoms with E-state index in [1.165, 1.54) is 6.42 Å². The number of rotatable bonds is 6. The maximum Gasteiger partial charge on any atom is 0.235 e. The van der Waals surface area contributed by atoms with Crippen molar-refractivity contribution >= 4 is 16.7 Å². The minimum atomic E-state index is -1.34. The first-order chi connectivity index (χ1) is 12.1. The van der Waals surface area contributed by atoms with Crippen LogP contribution in [0.2, 0.25) is 0 Å². The molecule has 0 radical (unpaired) electrons. The molecule has 25 heavy (non-hydrogen) atoms. The average molecular weight is 361 g/mol. The Hall–Kier alpha value is -2.09. The Morgan fingerprint density at radius 2 is 1.96 bits per heavy atom. The van der Waals surface area contributed by atoms with Gasteiger partial charge in [0.05, 0.1) is 11.4 Å². The number of nitrogens with zero attached hydrogens (tertiary/aromatic N) is 5. The van der Waals surface area contributed by atoms with Crippen LogP contribution in [0.4, 0.5) is 0 Å². The van der Waals surface area contributed by atoms with Crippen molar-refractivity contribution in [2.45, 2.75) is 43.9 Å².